The lowest BCUT2D eigenvalue weighted by Crippen LogP contribution is -2.42. The van der Waals surface area contributed by atoms with E-state index in [0.717, 1.165) is 72.3 Å². The van der Waals surface area contributed by atoms with E-state index in [1.807, 2.05) is 0 Å². The van der Waals surface area contributed by atoms with Gasteiger partial charge in [-0.3, -0.25) is 4.57 Å². The van der Waals surface area contributed by atoms with Crippen LogP contribution in [0.4, 0.5) is 0 Å². The van der Waals surface area contributed by atoms with E-state index >= 15 is 0 Å². The number of fused-ring (bicyclic) bond motifs is 2. The van der Waals surface area contributed by atoms with Crippen LogP contribution < -0.4 is 0 Å². The van der Waals surface area contributed by atoms with E-state index in [4.69, 9.17) is 15.0 Å². The number of phenolic OH excluding ortho intramolecular Hbond substituents is 1. The molecule has 0 radical (unpaired) electrons. The van der Waals surface area contributed by atoms with Crippen LogP contribution >= 0.6 is 0 Å². The number of nitrogens with zero attached hydrogens (tertiary/aromatic N) is 4. The van der Waals surface area contributed by atoms with Crippen molar-refractivity contribution in [1.82, 2.24) is 19.5 Å². The minimum Gasteiger partial charge on any atom is -0.507 e. The molecule has 0 amide bonds. The number of hydrogen-bond donors (Lipinski definition) is 1. The van der Waals surface area contributed by atoms with Crippen molar-refractivity contribution >= 4 is 21.9 Å². The van der Waals surface area contributed by atoms with E-state index in [2.05, 4.69) is 244 Å². The predicted molar refractivity (Wildman–Crippen MR) is 299 cm³/mol. The van der Waals surface area contributed by atoms with Crippen molar-refractivity contribution in [3.8, 4) is 56.3 Å². The topological polar surface area (TPSA) is 63.8 Å². The summed E-state index contributed by atoms with van der Waals surface area (Å²) < 4.78 is 2.30. The summed E-state index contributed by atoms with van der Waals surface area (Å²) in [6.45, 7) is 41.1. The van der Waals surface area contributed by atoms with E-state index in [0.29, 0.717) is 29.1 Å². The Bertz CT molecular complexity index is 3210. The molecule has 8 rings (SSSR count). The van der Waals surface area contributed by atoms with E-state index in [1.54, 1.807) is 6.33 Å². The van der Waals surface area contributed by atoms with Crippen molar-refractivity contribution in [3.63, 3.8) is 0 Å². The van der Waals surface area contributed by atoms with E-state index in [-0.39, 0.29) is 32.8 Å². The minimum atomic E-state index is -0.331. The van der Waals surface area contributed by atoms with Crippen LogP contribution in [-0.4, -0.2) is 24.6 Å². The van der Waals surface area contributed by atoms with Crippen LogP contribution in [0.5, 0.6) is 5.75 Å². The number of imidazole rings is 1. The van der Waals surface area contributed by atoms with Gasteiger partial charge in [-0.2, -0.15) is 0 Å². The third-order valence-corrected chi connectivity index (χ3v) is 15.3. The maximum absolute atomic E-state index is 12.6. The highest BCUT2D eigenvalue weighted by atomic mass is 16.3. The van der Waals surface area contributed by atoms with E-state index in [9.17, 15) is 5.11 Å². The summed E-state index contributed by atoms with van der Waals surface area (Å²) in [5.74, 6) is 2.30. The quantitative estimate of drug-likeness (QED) is 0.157. The van der Waals surface area contributed by atoms with Gasteiger partial charge in [0.15, 0.2) is 0 Å². The van der Waals surface area contributed by atoms with Crippen molar-refractivity contribution in [2.24, 2.45) is 17.8 Å². The van der Waals surface area contributed by atoms with Gasteiger partial charge in [0, 0.05) is 33.1 Å². The fraction of sp³-hybridized carbons (Fsp3) is 0.400. The van der Waals surface area contributed by atoms with Gasteiger partial charge < -0.3 is 5.11 Å². The van der Waals surface area contributed by atoms with Crippen molar-refractivity contribution in [2.45, 2.75) is 152 Å². The third-order valence-electron chi connectivity index (χ3n) is 15.3. The fourth-order valence-corrected chi connectivity index (χ4v) is 11.5. The minimum absolute atomic E-state index is 0.00474. The first-order valence-electron chi connectivity index (χ1n) is 25.7. The van der Waals surface area contributed by atoms with Gasteiger partial charge in [-0.15, -0.1) is 0 Å². The Balaban J connectivity index is 1.45. The summed E-state index contributed by atoms with van der Waals surface area (Å²) in [5, 5.41) is 13.7. The zero-order valence-corrected chi connectivity index (χ0v) is 45.5. The monoisotopic (exact) mass is 931 g/mol. The average Bonchev–Trinajstić information content (AvgIpc) is 3.66. The Morgan fingerprint density at radius 2 is 1.06 bits per heavy atom. The number of hydrogen-bond acceptors (Lipinski definition) is 4. The van der Waals surface area contributed by atoms with Crippen LogP contribution in [0.25, 0.3) is 72.5 Å². The lowest BCUT2D eigenvalue weighted by Gasteiger charge is -2.46. The third kappa shape index (κ3) is 8.99. The maximum atomic E-state index is 12.6. The molecule has 0 saturated carbocycles. The van der Waals surface area contributed by atoms with Crippen molar-refractivity contribution in [3.05, 3.63) is 149 Å². The molecule has 0 aliphatic carbocycles. The summed E-state index contributed by atoms with van der Waals surface area (Å²) in [5.41, 5.74) is 15.8. The molecule has 70 heavy (non-hydrogen) atoms. The Hall–Kier alpha value is -6.07. The molecule has 1 N–H and O–H groups in total. The van der Waals surface area contributed by atoms with Crippen molar-refractivity contribution in [1.29, 1.82) is 0 Å². The maximum Gasteiger partial charge on any atom is 0.149 e. The number of rotatable bonds is 9. The van der Waals surface area contributed by atoms with E-state index in [1.165, 1.54) is 16.7 Å². The van der Waals surface area contributed by atoms with Crippen LogP contribution in [0.3, 0.4) is 0 Å². The predicted octanol–water partition coefficient (Wildman–Crippen LogP) is 17.7. The molecular formula is C65H78N4O. The molecule has 0 fully saturated rings. The van der Waals surface area contributed by atoms with Gasteiger partial charge in [-0.05, 0) is 115 Å². The molecule has 0 bridgehead atoms. The molecule has 364 valence electrons. The number of benzene rings is 6. The zero-order chi connectivity index (χ0) is 51.0. The summed E-state index contributed by atoms with van der Waals surface area (Å²) in [4.78, 5) is 15.7. The highest BCUT2D eigenvalue weighted by Gasteiger charge is 2.42. The number of phenols is 1. The Kier molecular flexibility index (Phi) is 12.9. The fourth-order valence-electron chi connectivity index (χ4n) is 11.5. The first-order valence-corrected chi connectivity index (χ1v) is 25.7. The Morgan fingerprint density at radius 1 is 0.471 bits per heavy atom. The molecule has 0 spiro atoms. The van der Waals surface area contributed by atoms with Gasteiger partial charge in [0.2, 0.25) is 0 Å². The molecule has 0 atom stereocenters. The largest absolute Gasteiger partial charge is 0.507 e. The summed E-state index contributed by atoms with van der Waals surface area (Å²) in [6, 6.07) is 42.3. The number of para-hydroxylation sites is 1. The standard InChI is InChI=1S/C65H78N4O/c1-39(2)65(40(3)4,41(5)6)46-27-29-50-54(37-46)66-38-67-57(50)44-31-43(32-47(33-44)62(10,11)12)49-25-22-26-56-58(49)68-60(52-35-48(63(13,14)15)36-53(59(52)70)64(16,17)18)69(56)55-30-28-45(61(7,8)9)34-51(55)42-23-20-19-21-24-42/h19-41,70H,1-18H3. The second-order valence-corrected chi connectivity index (χ2v) is 25.1. The van der Waals surface area contributed by atoms with Gasteiger partial charge in [-0.25, -0.2) is 15.0 Å². The summed E-state index contributed by atoms with van der Waals surface area (Å²) >= 11 is 0. The average molecular weight is 931 g/mol. The van der Waals surface area contributed by atoms with Gasteiger partial charge in [0.1, 0.15) is 17.9 Å². The van der Waals surface area contributed by atoms with Gasteiger partial charge in [0.05, 0.1) is 33.5 Å². The first kappa shape index (κ1) is 50.3. The molecule has 0 aliphatic rings. The first-order chi connectivity index (χ1) is 32.6. The van der Waals surface area contributed by atoms with Crippen molar-refractivity contribution < 1.29 is 5.11 Å². The Labute approximate surface area is 419 Å². The van der Waals surface area contributed by atoms with Gasteiger partial charge in [0.25, 0.3) is 0 Å². The second-order valence-electron chi connectivity index (χ2n) is 25.1. The molecule has 6 aromatic carbocycles. The van der Waals surface area contributed by atoms with Crippen LogP contribution in [-0.2, 0) is 27.1 Å². The lowest BCUT2D eigenvalue weighted by atomic mass is 9.58. The van der Waals surface area contributed by atoms with Crippen molar-refractivity contribution in [2.75, 3.05) is 0 Å². The second kappa shape index (κ2) is 18.0. The summed E-state index contributed by atoms with van der Waals surface area (Å²) in [7, 11) is 0. The Morgan fingerprint density at radius 3 is 1.66 bits per heavy atom. The summed E-state index contributed by atoms with van der Waals surface area (Å²) in [6.07, 6.45) is 1.74. The molecule has 5 nitrogen and oxygen atoms in total. The molecule has 0 aliphatic heterocycles. The lowest BCUT2D eigenvalue weighted by molar-refractivity contribution is 0.148. The zero-order valence-electron chi connectivity index (χ0n) is 45.5. The van der Waals surface area contributed by atoms with Crippen LogP contribution in [0.15, 0.2) is 122 Å². The number of aromatic nitrogens is 4. The van der Waals surface area contributed by atoms with Gasteiger partial charge in [-0.1, -0.05) is 197 Å². The highest BCUT2D eigenvalue weighted by molar-refractivity contribution is 5.99. The smallest absolute Gasteiger partial charge is 0.149 e. The molecular weight excluding hydrogens is 853 g/mol. The molecule has 0 saturated heterocycles. The van der Waals surface area contributed by atoms with Gasteiger partial charge >= 0.3 is 0 Å². The number of aromatic hydroxyl groups is 1. The van der Waals surface area contributed by atoms with Crippen LogP contribution in [0.1, 0.15) is 152 Å². The highest BCUT2D eigenvalue weighted by Crippen LogP contribution is 2.49. The normalized spacial score (nSPS) is 13.2. The molecule has 8 aromatic rings. The van der Waals surface area contributed by atoms with Crippen LogP contribution in [0, 0.1) is 17.8 Å². The SMILES string of the molecule is CC(C)C(c1ccc2c(-c3cc(-c4cccc5c4nc(-c4cc(C(C)(C)C)cc(C(C)(C)C)c4O)n5-c4ccc(C(C)(C)C)cc4-c4ccccc4)cc(C(C)(C)C)c3)ncnc2c1)(C(C)C)C(C)C. The molecule has 2 aromatic heterocycles. The molecule has 0 unspecified atom stereocenters. The van der Waals surface area contributed by atoms with Crippen LogP contribution in [0.2, 0.25) is 0 Å². The molecule has 5 heteroatoms. The van der Waals surface area contributed by atoms with E-state index < -0.39 is 0 Å². The molecule has 2 heterocycles.